The van der Waals surface area contributed by atoms with Crippen LogP contribution in [-0.2, 0) is 10.0 Å². The summed E-state index contributed by atoms with van der Waals surface area (Å²) in [4.78, 5) is 0.214. The molecular weight excluding hydrogens is 274 g/mol. The monoisotopic (exact) mass is 291 g/mol. The summed E-state index contributed by atoms with van der Waals surface area (Å²) < 4.78 is 27.0. The number of sulfonamides is 1. The summed E-state index contributed by atoms with van der Waals surface area (Å²) in [7, 11) is -3.61. The molecule has 0 saturated carbocycles. The topological polar surface area (TPSA) is 66.4 Å². The molecule has 0 spiro atoms. The molecule has 0 aliphatic carbocycles. The van der Waals surface area contributed by atoms with Gasteiger partial charge in [0.25, 0.3) is 10.0 Å². The van der Waals surface area contributed by atoms with Crippen molar-refractivity contribution in [3.63, 3.8) is 0 Å². The summed E-state index contributed by atoms with van der Waals surface area (Å²) in [6.07, 6.45) is 0. The fraction of sp³-hybridized carbons (Fsp3) is 0.200. The average Bonchev–Trinajstić information content (AvgIpc) is 2.36. The van der Waals surface area contributed by atoms with Crippen molar-refractivity contribution in [1.82, 2.24) is 0 Å². The lowest BCUT2D eigenvalue weighted by Gasteiger charge is -2.11. The number of aryl methyl sites for hydroxylation is 3. The number of hydrogen-bond acceptors (Lipinski definition) is 3. The zero-order valence-corrected chi connectivity index (χ0v) is 12.5. The van der Waals surface area contributed by atoms with Gasteiger partial charge in [0, 0.05) is 5.69 Å². The third kappa shape index (κ3) is 2.93. The zero-order valence-electron chi connectivity index (χ0n) is 11.6. The minimum Gasteiger partial charge on any atom is -0.507 e. The highest BCUT2D eigenvalue weighted by Crippen LogP contribution is 2.27. The molecule has 0 aromatic heterocycles. The molecule has 0 radical (unpaired) electrons. The van der Waals surface area contributed by atoms with Crippen molar-refractivity contribution in [3.8, 4) is 5.75 Å². The number of nitrogens with one attached hydrogen (secondary N) is 1. The molecule has 0 aliphatic rings. The molecule has 2 aromatic rings. The van der Waals surface area contributed by atoms with Crippen LogP contribution in [0.25, 0.3) is 0 Å². The van der Waals surface area contributed by atoms with Gasteiger partial charge < -0.3 is 5.11 Å². The van der Waals surface area contributed by atoms with Crippen LogP contribution in [0.4, 0.5) is 5.69 Å². The highest BCUT2D eigenvalue weighted by Gasteiger charge is 2.15. The van der Waals surface area contributed by atoms with Crippen molar-refractivity contribution in [2.24, 2.45) is 0 Å². The lowest BCUT2D eigenvalue weighted by molar-refractivity contribution is 0.467. The Hall–Kier alpha value is -2.01. The van der Waals surface area contributed by atoms with E-state index in [-0.39, 0.29) is 10.6 Å². The third-order valence-corrected chi connectivity index (χ3v) is 4.47. The molecule has 20 heavy (non-hydrogen) atoms. The molecule has 106 valence electrons. The van der Waals surface area contributed by atoms with Crippen molar-refractivity contribution in [2.75, 3.05) is 4.72 Å². The molecule has 0 heterocycles. The van der Waals surface area contributed by atoms with E-state index in [1.807, 2.05) is 6.92 Å². The van der Waals surface area contributed by atoms with Gasteiger partial charge in [-0.15, -0.1) is 0 Å². The molecule has 5 heteroatoms. The minimum atomic E-state index is -3.61. The Kier molecular flexibility index (Phi) is 3.72. The molecule has 2 aromatic carbocycles. The summed E-state index contributed by atoms with van der Waals surface area (Å²) in [6, 6.07) is 9.85. The van der Waals surface area contributed by atoms with Crippen molar-refractivity contribution < 1.29 is 13.5 Å². The van der Waals surface area contributed by atoms with Gasteiger partial charge in [-0.05, 0) is 56.2 Å². The van der Waals surface area contributed by atoms with Gasteiger partial charge in [0.1, 0.15) is 5.75 Å². The number of anilines is 1. The Morgan fingerprint density at radius 1 is 0.950 bits per heavy atom. The van der Waals surface area contributed by atoms with E-state index in [9.17, 15) is 13.5 Å². The van der Waals surface area contributed by atoms with Gasteiger partial charge in [-0.2, -0.15) is 0 Å². The lowest BCUT2D eigenvalue weighted by Crippen LogP contribution is -2.13. The van der Waals surface area contributed by atoms with Crippen LogP contribution in [-0.4, -0.2) is 13.5 Å². The van der Waals surface area contributed by atoms with Gasteiger partial charge in [0.2, 0.25) is 0 Å². The number of hydrogen-bond donors (Lipinski definition) is 2. The van der Waals surface area contributed by atoms with Crippen LogP contribution in [0.1, 0.15) is 16.7 Å². The number of aromatic hydroxyl groups is 1. The van der Waals surface area contributed by atoms with Crippen molar-refractivity contribution in [1.29, 1.82) is 0 Å². The Morgan fingerprint density at radius 2 is 1.45 bits per heavy atom. The zero-order chi connectivity index (χ0) is 14.9. The predicted molar refractivity (Wildman–Crippen MR) is 79.6 cm³/mol. The van der Waals surface area contributed by atoms with Gasteiger partial charge in [0.05, 0.1) is 4.90 Å². The van der Waals surface area contributed by atoms with E-state index < -0.39 is 10.0 Å². The second-order valence-corrected chi connectivity index (χ2v) is 6.56. The van der Waals surface area contributed by atoms with Crippen molar-refractivity contribution in [2.45, 2.75) is 25.7 Å². The molecular formula is C15H17NO3S. The fourth-order valence-electron chi connectivity index (χ4n) is 1.95. The Morgan fingerprint density at radius 3 is 1.95 bits per heavy atom. The maximum absolute atomic E-state index is 12.2. The maximum atomic E-state index is 12.2. The van der Waals surface area contributed by atoms with Crippen LogP contribution < -0.4 is 4.72 Å². The van der Waals surface area contributed by atoms with Gasteiger partial charge in [-0.1, -0.05) is 17.7 Å². The first-order valence-electron chi connectivity index (χ1n) is 6.19. The summed E-state index contributed by atoms with van der Waals surface area (Å²) in [5.74, 6) is 0.184. The van der Waals surface area contributed by atoms with Crippen LogP contribution in [0.2, 0.25) is 0 Å². The molecule has 2 rings (SSSR count). The van der Waals surface area contributed by atoms with Crippen LogP contribution in [0.3, 0.4) is 0 Å². The molecule has 4 nitrogen and oxygen atoms in total. The van der Waals surface area contributed by atoms with Crippen LogP contribution in [0.5, 0.6) is 5.75 Å². The van der Waals surface area contributed by atoms with Gasteiger partial charge in [-0.3, -0.25) is 4.72 Å². The molecule has 0 saturated heterocycles. The number of rotatable bonds is 3. The summed E-state index contributed by atoms with van der Waals surface area (Å²) in [6.45, 7) is 5.36. The molecule has 0 amide bonds. The first kappa shape index (κ1) is 14.4. The summed E-state index contributed by atoms with van der Waals surface area (Å²) >= 11 is 0. The minimum absolute atomic E-state index is 0.184. The van der Waals surface area contributed by atoms with E-state index in [1.165, 1.54) is 0 Å². The fourth-order valence-corrected chi connectivity index (χ4v) is 2.99. The maximum Gasteiger partial charge on any atom is 0.261 e. The highest BCUT2D eigenvalue weighted by atomic mass is 32.2. The van der Waals surface area contributed by atoms with Gasteiger partial charge in [0.15, 0.2) is 0 Å². The van der Waals surface area contributed by atoms with Crippen LogP contribution in [0, 0.1) is 20.8 Å². The van der Waals surface area contributed by atoms with Crippen molar-refractivity contribution >= 4 is 15.7 Å². The van der Waals surface area contributed by atoms with Gasteiger partial charge in [-0.25, -0.2) is 8.42 Å². The summed E-state index contributed by atoms with van der Waals surface area (Å²) in [5, 5.41) is 9.70. The van der Waals surface area contributed by atoms with E-state index in [0.29, 0.717) is 16.8 Å². The van der Waals surface area contributed by atoms with E-state index in [1.54, 1.807) is 50.2 Å². The molecule has 0 unspecified atom stereocenters. The highest BCUT2D eigenvalue weighted by molar-refractivity contribution is 7.92. The Balaban J connectivity index is 2.36. The number of benzene rings is 2. The largest absolute Gasteiger partial charge is 0.507 e. The second-order valence-electron chi connectivity index (χ2n) is 4.88. The Bertz CT molecular complexity index is 711. The first-order valence-corrected chi connectivity index (χ1v) is 7.67. The standard InChI is InChI=1S/C15H17NO3S/c1-10-4-6-14(7-5-10)20(18,19)16-13-8-11(2)15(17)12(3)9-13/h4-9,16-17H,1-3H3. The molecule has 0 bridgehead atoms. The smallest absolute Gasteiger partial charge is 0.261 e. The quantitative estimate of drug-likeness (QED) is 0.854. The van der Waals surface area contributed by atoms with E-state index in [2.05, 4.69) is 4.72 Å². The third-order valence-electron chi connectivity index (χ3n) is 3.07. The average molecular weight is 291 g/mol. The predicted octanol–water partition coefficient (Wildman–Crippen LogP) is 3.12. The van der Waals surface area contributed by atoms with Gasteiger partial charge >= 0.3 is 0 Å². The number of phenols is 1. The van der Waals surface area contributed by atoms with E-state index >= 15 is 0 Å². The van der Waals surface area contributed by atoms with Crippen LogP contribution in [0.15, 0.2) is 41.3 Å². The molecule has 0 aliphatic heterocycles. The lowest BCUT2D eigenvalue weighted by atomic mass is 10.1. The first-order chi connectivity index (χ1) is 9.29. The van der Waals surface area contributed by atoms with Crippen LogP contribution >= 0.6 is 0 Å². The molecule has 0 atom stereocenters. The SMILES string of the molecule is Cc1ccc(S(=O)(=O)Nc2cc(C)c(O)c(C)c2)cc1. The Labute approximate surface area is 119 Å². The van der Waals surface area contributed by atoms with E-state index in [4.69, 9.17) is 0 Å². The number of phenolic OH excluding ortho intramolecular Hbond substituents is 1. The summed E-state index contributed by atoms with van der Waals surface area (Å²) in [5.41, 5.74) is 2.71. The molecule has 2 N–H and O–H groups in total. The van der Waals surface area contributed by atoms with E-state index in [0.717, 1.165) is 5.56 Å². The van der Waals surface area contributed by atoms with Crippen molar-refractivity contribution in [3.05, 3.63) is 53.1 Å². The second kappa shape index (κ2) is 5.17. The normalized spacial score (nSPS) is 11.3. The molecule has 0 fully saturated rings.